The van der Waals surface area contributed by atoms with E-state index in [4.69, 9.17) is 0 Å². The molecule has 2 rings (SSSR count). The summed E-state index contributed by atoms with van der Waals surface area (Å²) in [6, 6.07) is 0. The Labute approximate surface area is 117 Å². The van der Waals surface area contributed by atoms with E-state index in [2.05, 4.69) is 9.80 Å². The smallest absolute Gasteiger partial charge is 0.0471 e. The number of rotatable bonds is 6. The third-order valence-electron chi connectivity index (χ3n) is 4.67. The largest absolute Gasteiger partial charge is 0.396 e. The van der Waals surface area contributed by atoms with Gasteiger partial charge >= 0.3 is 0 Å². The molecule has 112 valence electrons. The highest BCUT2D eigenvalue weighted by atomic mass is 16.3. The van der Waals surface area contributed by atoms with Crippen LogP contribution in [0.1, 0.15) is 32.1 Å². The van der Waals surface area contributed by atoms with E-state index < -0.39 is 0 Å². The molecule has 0 aliphatic carbocycles. The first-order chi connectivity index (χ1) is 9.31. The van der Waals surface area contributed by atoms with Gasteiger partial charge < -0.3 is 20.0 Å². The lowest BCUT2D eigenvalue weighted by Gasteiger charge is -2.34. The lowest BCUT2D eigenvalue weighted by atomic mass is 9.98. The summed E-state index contributed by atoms with van der Waals surface area (Å²) in [4.78, 5) is 5.02. The molecule has 0 aromatic rings. The van der Waals surface area contributed by atoms with Gasteiger partial charge in [0.2, 0.25) is 0 Å². The number of piperidine rings is 2. The van der Waals surface area contributed by atoms with E-state index in [1.165, 1.54) is 45.2 Å². The van der Waals surface area contributed by atoms with Gasteiger partial charge in [0, 0.05) is 26.3 Å². The summed E-state index contributed by atoms with van der Waals surface area (Å²) in [5, 5.41) is 18.5. The van der Waals surface area contributed by atoms with Crippen LogP contribution in [0.3, 0.4) is 0 Å². The molecule has 0 amide bonds. The number of hydrogen-bond donors (Lipinski definition) is 2. The Balaban J connectivity index is 1.60. The summed E-state index contributed by atoms with van der Waals surface area (Å²) >= 11 is 0. The van der Waals surface area contributed by atoms with Gasteiger partial charge in [0.25, 0.3) is 0 Å². The van der Waals surface area contributed by atoms with Crippen molar-refractivity contribution >= 4 is 0 Å². The predicted octanol–water partition coefficient (Wildman–Crippen LogP) is 0.785. The predicted molar refractivity (Wildman–Crippen MR) is 77.1 cm³/mol. The Bertz CT molecular complexity index is 226. The molecular weight excluding hydrogens is 240 g/mol. The van der Waals surface area contributed by atoms with E-state index in [0.29, 0.717) is 25.0 Å². The third-order valence-corrected chi connectivity index (χ3v) is 4.67. The van der Waals surface area contributed by atoms with Crippen LogP contribution < -0.4 is 0 Å². The highest BCUT2D eigenvalue weighted by Crippen LogP contribution is 2.18. The maximum absolute atomic E-state index is 9.24. The van der Waals surface area contributed by atoms with Gasteiger partial charge in [-0.1, -0.05) is 0 Å². The fourth-order valence-corrected chi connectivity index (χ4v) is 3.52. The summed E-state index contributed by atoms with van der Waals surface area (Å²) < 4.78 is 0. The molecule has 2 aliphatic rings. The zero-order valence-corrected chi connectivity index (χ0v) is 12.1. The fourth-order valence-electron chi connectivity index (χ4n) is 3.52. The van der Waals surface area contributed by atoms with Crippen LogP contribution in [0.2, 0.25) is 0 Å². The number of hydrogen-bond acceptors (Lipinski definition) is 4. The molecule has 0 spiro atoms. The molecule has 2 N–H and O–H groups in total. The van der Waals surface area contributed by atoms with E-state index in [9.17, 15) is 10.2 Å². The molecule has 4 heteroatoms. The quantitative estimate of drug-likeness (QED) is 0.749. The molecule has 2 saturated heterocycles. The van der Waals surface area contributed by atoms with Crippen molar-refractivity contribution in [3.63, 3.8) is 0 Å². The van der Waals surface area contributed by atoms with Gasteiger partial charge in [-0.2, -0.15) is 0 Å². The summed E-state index contributed by atoms with van der Waals surface area (Å²) in [6.07, 6.45) is 6.08. The Kier molecular flexibility index (Phi) is 6.57. The van der Waals surface area contributed by atoms with Crippen LogP contribution in [0.5, 0.6) is 0 Å². The molecule has 2 atom stereocenters. The van der Waals surface area contributed by atoms with Crippen molar-refractivity contribution in [2.24, 2.45) is 11.8 Å². The molecule has 2 fully saturated rings. The maximum atomic E-state index is 9.24. The summed E-state index contributed by atoms with van der Waals surface area (Å²) in [5.41, 5.74) is 0. The average Bonchev–Trinajstić information content (AvgIpc) is 2.48. The van der Waals surface area contributed by atoms with E-state index in [0.717, 1.165) is 26.2 Å². The normalized spacial score (nSPS) is 30.6. The minimum atomic E-state index is 0.348. The summed E-state index contributed by atoms with van der Waals surface area (Å²) in [5.74, 6) is 1.00. The van der Waals surface area contributed by atoms with Crippen molar-refractivity contribution < 1.29 is 10.2 Å². The van der Waals surface area contributed by atoms with Crippen LogP contribution in [0, 0.1) is 11.8 Å². The van der Waals surface area contributed by atoms with E-state index in [-0.39, 0.29) is 0 Å². The molecule has 0 radical (unpaired) electrons. The molecule has 0 saturated carbocycles. The van der Waals surface area contributed by atoms with Gasteiger partial charge in [0.15, 0.2) is 0 Å². The maximum Gasteiger partial charge on any atom is 0.0471 e. The van der Waals surface area contributed by atoms with Gasteiger partial charge in [-0.3, -0.25) is 0 Å². The molecule has 0 unspecified atom stereocenters. The van der Waals surface area contributed by atoms with Crippen molar-refractivity contribution in [3.05, 3.63) is 0 Å². The first kappa shape index (κ1) is 15.2. The van der Waals surface area contributed by atoms with Crippen LogP contribution in [0.25, 0.3) is 0 Å². The van der Waals surface area contributed by atoms with Crippen molar-refractivity contribution in [2.45, 2.75) is 32.1 Å². The van der Waals surface area contributed by atoms with Crippen molar-refractivity contribution in [2.75, 3.05) is 52.5 Å². The third kappa shape index (κ3) is 5.03. The van der Waals surface area contributed by atoms with Crippen LogP contribution in [-0.4, -0.2) is 72.5 Å². The van der Waals surface area contributed by atoms with E-state index in [1.807, 2.05) is 0 Å². The Morgan fingerprint density at radius 1 is 0.789 bits per heavy atom. The number of nitrogens with zero attached hydrogens (tertiary/aromatic N) is 2. The van der Waals surface area contributed by atoms with Crippen molar-refractivity contribution in [3.8, 4) is 0 Å². The number of aliphatic hydroxyl groups is 2. The fraction of sp³-hybridized carbons (Fsp3) is 1.00. The van der Waals surface area contributed by atoms with E-state index >= 15 is 0 Å². The minimum absolute atomic E-state index is 0.348. The molecule has 0 bridgehead atoms. The van der Waals surface area contributed by atoms with Crippen LogP contribution in [-0.2, 0) is 0 Å². The highest BCUT2D eigenvalue weighted by Gasteiger charge is 2.21. The topological polar surface area (TPSA) is 46.9 Å². The van der Waals surface area contributed by atoms with Gasteiger partial charge in [-0.05, 0) is 70.1 Å². The standard InChI is InChI=1S/C15H30N2O2/c18-12-14-4-1-6-16(10-14)8-3-9-17-7-2-5-15(11-17)13-19/h14-15,18-19H,1-13H2/t14-,15-/m0/s1. The first-order valence-electron chi connectivity index (χ1n) is 7.98. The SMILES string of the molecule is OC[C@H]1CCCN(CCCN2CCC[C@H](CO)C2)C1. The zero-order valence-electron chi connectivity index (χ0n) is 12.1. The number of likely N-dealkylation sites (tertiary alicyclic amines) is 2. The molecule has 4 nitrogen and oxygen atoms in total. The second-order valence-electron chi connectivity index (χ2n) is 6.34. The van der Waals surface area contributed by atoms with Crippen LogP contribution in [0.15, 0.2) is 0 Å². The average molecular weight is 270 g/mol. The van der Waals surface area contributed by atoms with Gasteiger partial charge in [-0.15, -0.1) is 0 Å². The second-order valence-corrected chi connectivity index (χ2v) is 6.34. The van der Waals surface area contributed by atoms with Gasteiger partial charge in [0.1, 0.15) is 0 Å². The molecule has 0 aromatic heterocycles. The molecule has 2 aliphatic heterocycles. The zero-order chi connectivity index (χ0) is 13.5. The Morgan fingerprint density at radius 2 is 1.26 bits per heavy atom. The van der Waals surface area contributed by atoms with Gasteiger partial charge in [0.05, 0.1) is 0 Å². The minimum Gasteiger partial charge on any atom is -0.396 e. The van der Waals surface area contributed by atoms with Crippen molar-refractivity contribution in [1.82, 2.24) is 9.80 Å². The van der Waals surface area contributed by atoms with E-state index in [1.54, 1.807) is 0 Å². The highest BCUT2D eigenvalue weighted by molar-refractivity contribution is 4.75. The lowest BCUT2D eigenvalue weighted by Crippen LogP contribution is -2.40. The Hall–Kier alpha value is -0.160. The molecule has 2 heterocycles. The number of aliphatic hydroxyl groups excluding tert-OH is 2. The lowest BCUT2D eigenvalue weighted by molar-refractivity contribution is 0.101. The van der Waals surface area contributed by atoms with Crippen molar-refractivity contribution in [1.29, 1.82) is 0 Å². The molecular formula is C15H30N2O2. The van der Waals surface area contributed by atoms with Crippen LogP contribution >= 0.6 is 0 Å². The van der Waals surface area contributed by atoms with Crippen LogP contribution in [0.4, 0.5) is 0 Å². The Morgan fingerprint density at radius 3 is 1.68 bits per heavy atom. The first-order valence-corrected chi connectivity index (χ1v) is 7.98. The van der Waals surface area contributed by atoms with Gasteiger partial charge in [-0.25, -0.2) is 0 Å². The second kappa shape index (κ2) is 8.20. The monoisotopic (exact) mass is 270 g/mol. The summed E-state index contributed by atoms with van der Waals surface area (Å²) in [6.45, 7) is 7.59. The molecule has 19 heavy (non-hydrogen) atoms. The summed E-state index contributed by atoms with van der Waals surface area (Å²) in [7, 11) is 0. The molecule has 0 aromatic carbocycles.